The molecule has 2 atom stereocenters. The Balaban J connectivity index is 1.21. The molecule has 1 aromatic carbocycles. The minimum atomic E-state index is -0.434. The van der Waals surface area contributed by atoms with E-state index in [1.54, 1.807) is 25.5 Å². The number of H-pyrrole nitrogens is 1. The number of hydrogen-bond donors (Lipinski definition) is 2. The highest BCUT2D eigenvalue weighted by molar-refractivity contribution is 5.90. The summed E-state index contributed by atoms with van der Waals surface area (Å²) in [5, 5.41) is 2.81. The maximum atomic E-state index is 13.5. The van der Waals surface area contributed by atoms with E-state index < -0.39 is 5.82 Å². The molecule has 2 N–H and O–H groups in total. The van der Waals surface area contributed by atoms with Crippen LogP contribution in [0.5, 0.6) is 0 Å². The lowest BCUT2D eigenvalue weighted by Gasteiger charge is -2.39. The normalized spacial score (nSPS) is 21.5. The summed E-state index contributed by atoms with van der Waals surface area (Å²) >= 11 is 0. The maximum Gasteiger partial charge on any atom is 0.288 e. The molecule has 172 valence electrons. The summed E-state index contributed by atoms with van der Waals surface area (Å²) in [7, 11) is 1.56. The van der Waals surface area contributed by atoms with Crippen LogP contribution < -0.4 is 15.8 Å². The van der Waals surface area contributed by atoms with Crippen LogP contribution in [0.15, 0.2) is 35.4 Å². The maximum absolute atomic E-state index is 13.5. The van der Waals surface area contributed by atoms with E-state index in [1.807, 2.05) is 0 Å². The van der Waals surface area contributed by atoms with Crippen molar-refractivity contribution in [1.29, 1.82) is 0 Å². The van der Waals surface area contributed by atoms with Gasteiger partial charge in [0.05, 0.1) is 29.0 Å². The molecule has 1 aliphatic carbocycles. The number of aromatic nitrogens is 4. The number of rotatable bonds is 4. The van der Waals surface area contributed by atoms with Gasteiger partial charge in [-0.2, -0.15) is 0 Å². The van der Waals surface area contributed by atoms with Crippen molar-refractivity contribution in [2.75, 3.05) is 38.1 Å². The molecule has 9 nitrogen and oxygen atoms in total. The quantitative estimate of drug-likeness (QED) is 0.621. The van der Waals surface area contributed by atoms with Gasteiger partial charge in [-0.05, 0) is 37.5 Å². The van der Waals surface area contributed by atoms with E-state index >= 15 is 0 Å². The number of aromatic amines is 1. The minimum absolute atomic E-state index is 0.169. The van der Waals surface area contributed by atoms with Crippen LogP contribution in [0.4, 0.5) is 10.1 Å². The molecule has 1 amide bonds. The molecule has 0 radical (unpaired) electrons. The number of fused-ring (bicyclic) bond motifs is 1. The third-order valence-corrected chi connectivity index (χ3v) is 6.74. The number of piperazine rings is 1. The molecule has 2 aliphatic rings. The van der Waals surface area contributed by atoms with Crippen LogP contribution in [0, 0.1) is 5.82 Å². The molecule has 5 rings (SSSR count). The number of carbonyl (C=O) groups is 1. The van der Waals surface area contributed by atoms with Crippen LogP contribution in [-0.2, 0) is 0 Å². The van der Waals surface area contributed by atoms with Crippen molar-refractivity contribution in [1.82, 2.24) is 30.2 Å². The number of carbonyl (C=O) groups excluding carboxylic acids is 1. The Morgan fingerprint density at radius 2 is 1.91 bits per heavy atom. The van der Waals surface area contributed by atoms with Crippen molar-refractivity contribution in [3.63, 3.8) is 0 Å². The van der Waals surface area contributed by atoms with E-state index in [0.717, 1.165) is 51.1 Å². The summed E-state index contributed by atoms with van der Waals surface area (Å²) in [5.74, 6) is 0.338. The third kappa shape index (κ3) is 4.30. The Bertz CT molecular complexity index is 1220. The standard InChI is InChI=1S/C23H26FN7O2/c1-25-23(33)21-26-12-17(13-27-21)31-8-6-30(7-9-31)16-4-2-14(10-16)20-28-19-5-3-15(24)11-18(19)22(32)29-20/h3,5,11-14,16H,2,4,6-10H2,1H3,(H,25,33)(H,28,29,32). The van der Waals surface area contributed by atoms with E-state index in [9.17, 15) is 14.0 Å². The Morgan fingerprint density at radius 3 is 2.64 bits per heavy atom. The Labute approximate surface area is 190 Å². The van der Waals surface area contributed by atoms with Crippen LogP contribution in [0.3, 0.4) is 0 Å². The zero-order valence-corrected chi connectivity index (χ0v) is 18.4. The fourth-order valence-corrected chi connectivity index (χ4v) is 4.92. The van der Waals surface area contributed by atoms with Crippen molar-refractivity contribution in [2.24, 2.45) is 0 Å². The summed E-state index contributed by atoms with van der Waals surface area (Å²) in [6, 6.07) is 4.59. The largest absolute Gasteiger partial charge is 0.366 e. The predicted octanol–water partition coefficient (Wildman–Crippen LogP) is 1.67. The second-order valence-corrected chi connectivity index (χ2v) is 8.64. The van der Waals surface area contributed by atoms with Crippen molar-refractivity contribution in [2.45, 2.75) is 31.2 Å². The summed E-state index contributed by atoms with van der Waals surface area (Å²) < 4.78 is 13.5. The van der Waals surface area contributed by atoms with Gasteiger partial charge in [0.25, 0.3) is 11.5 Å². The van der Waals surface area contributed by atoms with Crippen LogP contribution in [0.1, 0.15) is 41.6 Å². The van der Waals surface area contributed by atoms with E-state index in [4.69, 9.17) is 0 Å². The van der Waals surface area contributed by atoms with Gasteiger partial charge in [-0.3, -0.25) is 14.5 Å². The summed E-state index contributed by atoms with van der Waals surface area (Å²) in [6.07, 6.45) is 6.37. The summed E-state index contributed by atoms with van der Waals surface area (Å²) in [6.45, 7) is 3.58. The molecule has 1 saturated carbocycles. The zero-order chi connectivity index (χ0) is 22.9. The van der Waals surface area contributed by atoms with Gasteiger partial charge in [0, 0.05) is 45.2 Å². The van der Waals surface area contributed by atoms with Crippen LogP contribution in [-0.4, -0.2) is 70.0 Å². The molecule has 2 fully saturated rings. The van der Waals surface area contributed by atoms with Gasteiger partial charge >= 0.3 is 0 Å². The molecule has 33 heavy (non-hydrogen) atoms. The highest BCUT2D eigenvalue weighted by Crippen LogP contribution is 2.36. The molecule has 3 aromatic rings. The average Bonchev–Trinajstić information content (AvgIpc) is 3.34. The zero-order valence-electron chi connectivity index (χ0n) is 18.4. The molecule has 0 bridgehead atoms. The van der Waals surface area contributed by atoms with Gasteiger partial charge in [-0.15, -0.1) is 0 Å². The second-order valence-electron chi connectivity index (χ2n) is 8.64. The van der Waals surface area contributed by atoms with Gasteiger partial charge in [-0.25, -0.2) is 19.3 Å². The molecule has 2 aromatic heterocycles. The van der Waals surface area contributed by atoms with Gasteiger partial charge in [0.2, 0.25) is 5.82 Å². The van der Waals surface area contributed by atoms with Crippen molar-refractivity contribution in [3.8, 4) is 0 Å². The SMILES string of the molecule is CNC(=O)c1ncc(N2CCN(C3CCC(c4nc5ccc(F)cc5c(=O)[nH]4)C3)CC2)cn1. The van der Waals surface area contributed by atoms with E-state index in [2.05, 4.69) is 35.1 Å². The minimum Gasteiger partial charge on any atom is -0.366 e. The van der Waals surface area contributed by atoms with E-state index in [0.29, 0.717) is 17.4 Å². The fourth-order valence-electron chi connectivity index (χ4n) is 4.92. The van der Waals surface area contributed by atoms with Crippen LogP contribution in [0.2, 0.25) is 0 Å². The molecule has 1 saturated heterocycles. The fraction of sp³-hybridized carbons (Fsp3) is 0.435. The molecule has 2 unspecified atom stereocenters. The lowest BCUT2D eigenvalue weighted by molar-refractivity contribution is 0.0952. The lowest BCUT2D eigenvalue weighted by Crippen LogP contribution is -2.49. The first-order chi connectivity index (χ1) is 16.0. The summed E-state index contributed by atoms with van der Waals surface area (Å²) in [4.78, 5) is 44.6. The van der Waals surface area contributed by atoms with Gasteiger partial charge in [0.15, 0.2) is 0 Å². The number of benzene rings is 1. The average molecular weight is 452 g/mol. The van der Waals surface area contributed by atoms with Crippen LogP contribution in [0.25, 0.3) is 10.9 Å². The number of halogens is 1. The third-order valence-electron chi connectivity index (χ3n) is 6.74. The second kappa shape index (κ2) is 8.86. The highest BCUT2D eigenvalue weighted by Gasteiger charge is 2.33. The molecular formula is C23H26FN7O2. The number of anilines is 1. The Hall–Kier alpha value is -3.40. The molecule has 0 spiro atoms. The molecule has 3 heterocycles. The smallest absolute Gasteiger partial charge is 0.288 e. The van der Waals surface area contributed by atoms with Gasteiger partial charge < -0.3 is 15.2 Å². The van der Waals surface area contributed by atoms with Crippen LogP contribution >= 0.6 is 0 Å². The van der Waals surface area contributed by atoms with Gasteiger partial charge in [0.1, 0.15) is 11.6 Å². The number of nitrogens with zero attached hydrogens (tertiary/aromatic N) is 5. The number of nitrogens with one attached hydrogen (secondary N) is 2. The molecule has 1 aliphatic heterocycles. The monoisotopic (exact) mass is 451 g/mol. The highest BCUT2D eigenvalue weighted by atomic mass is 19.1. The van der Waals surface area contributed by atoms with Crippen molar-refractivity contribution in [3.05, 3.63) is 58.4 Å². The predicted molar refractivity (Wildman–Crippen MR) is 122 cm³/mol. The first-order valence-corrected chi connectivity index (χ1v) is 11.2. The number of amides is 1. The topological polar surface area (TPSA) is 107 Å². The number of hydrogen-bond acceptors (Lipinski definition) is 7. The molecular weight excluding hydrogens is 425 g/mol. The first kappa shape index (κ1) is 21.4. The lowest BCUT2D eigenvalue weighted by atomic mass is 10.1. The first-order valence-electron chi connectivity index (χ1n) is 11.2. The van der Waals surface area contributed by atoms with E-state index in [1.165, 1.54) is 12.1 Å². The Morgan fingerprint density at radius 1 is 1.15 bits per heavy atom. The van der Waals surface area contributed by atoms with E-state index in [-0.39, 0.29) is 28.6 Å². The summed E-state index contributed by atoms with van der Waals surface area (Å²) in [5.41, 5.74) is 1.18. The Kier molecular flexibility index (Phi) is 5.76. The van der Waals surface area contributed by atoms with Crippen molar-refractivity contribution >= 4 is 22.5 Å². The van der Waals surface area contributed by atoms with Crippen molar-refractivity contribution < 1.29 is 9.18 Å². The van der Waals surface area contributed by atoms with Gasteiger partial charge in [-0.1, -0.05) is 0 Å². The molecule has 10 heteroatoms.